The molecule has 0 spiro atoms. The van der Waals surface area contributed by atoms with Crippen LogP contribution in [0.1, 0.15) is 12.8 Å². The van der Waals surface area contributed by atoms with E-state index in [1.165, 1.54) is 20.5 Å². The Hall–Kier alpha value is -2.78. The van der Waals surface area contributed by atoms with Gasteiger partial charge in [0.2, 0.25) is 0 Å². The van der Waals surface area contributed by atoms with E-state index in [2.05, 4.69) is 44.5 Å². The van der Waals surface area contributed by atoms with Crippen molar-refractivity contribution in [3.63, 3.8) is 0 Å². The van der Waals surface area contributed by atoms with E-state index in [1.807, 2.05) is 0 Å². The quantitative estimate of drug-likeness (QED) is 0.428. The first-order valence-corrected chi connectivity index (χ1v) is 11.4. The molecule has 0 aliphatic carbocycles. The van der Waals surface area contributed by atoms with Crippen molar-refractivity contribution in [2.24, 2.45) is 0 Å². The number of unbranched alkanes of at least 4 members (excludes halogenated alkanes) is 1. The number of fused-ring (bicyclic) bond motifs is 2. The molecule has 0 amide bonds. The minimum Gasteiger partial charge on any atom is -0.368 e. The summed E-state index contributed by atoms with van der Waals surface area (Å²) >= 11 is 1.77. The molecule has 4 aromatic rings. The Bertz CT molecular complexity index is 1270. The summed E-state index contributed by atoms with van der Waals surface area (Å²) in [5.74, 6) is -1.62. The monoisotopic (exact) mass is 443 g/mol. The average molecular weight is 444 g/mol. The molecule has 0 unspecified atom stereocenters. The minimum absolute atomic E-state index is 0.136. The number of anilines is 1. The smallest absolute Gasteiger partial charge is 0.350 e. The lowest BCUT2D eigenvalue weighted by atomic mass is 10.2. The number of pyridine rings is 1. The van der Waals surface area contributed by atoms with Crippen molar-refractivity contribution in [2.45, 2.75) is 19.4 Å². The first kappa shape index (κ1) is 20.1. The molecule has 0 atom stereocenters. The highest BCUT2D eigenvalue weighted by molar-refractivity contribution is 7.17. The lowest BCUT2D eigenvalue weighted by Crippen LogP contribution is -2.46. The van der Waals surface area contributed by atoms with Gasteiger partial charge in [0, 0.05) is 54.6 Å². The molecule has 0 bridgehead atoms. The summed E-state index contributed by atoms with van der Waals surface area (Å²) in [7, 11) is 0. The third-order valence-corrected chi connectivity index (χ3v) is 6.76. The maximum absolute atomic E-state index is 13.8. The van der Waals surface area contributed by atoms with Gasteiger partial charge in [0.05, 0.1) is 6.20 Å². The first-order chi connectivity index (χ1) is 15.1. The van der Waals surface area contributed by atoms with E-state index in [1.54, 1.807) is 11.3 Å². The molecule has 1 aliphatic rings. The maximum atomic E-state index is 13.8. The first-order valence-electron chi connectivity index (χ1n) is 10.5. The second kappa shape index (κ2) is 8.39. The van der Waals surface area contributed by atoms with E-state index < -0.39 is 17.3 Å². The number of piperazine rings is 1. The summed E-state index contributed by atoms with van der Waals surface area (Å²) < 4.78 is 30.6. The predicted octanol–water partition coefficient (Wildman–Crippen LogP) is 3.59. The highest BCUT2D eigenvalue weighted by atomic mass is 32.1. The SMILES string of the molecule is O=c1n(CCCCN2CCN(c3cccc4sccc34)CC2)nc2c(F)cc(F)cn12. The number of hydrogen-bond acceptors (Lipinski definition) is 5. The van der Waals surface area contributed by atoms with Gasteiger partial charge in [-0.2, -0.15) is 0 Å². The molecule has 9 heteroatoms. The van der Waals surface area contributed by atoms with Crippen LogP contribution in [0.2, 0.25) is 0 Å². The van der Waals surface area contributed by atoms with Crippen molar-refractivity contribution in [3.05, 3.63) is 64.0 Å². The molecule has 0 radical (unpaired) electrons. The number of nitrogens with zero attached hydrogens (tertiary/aromatic N) is 5. The van der Waals surface area contributed by atoms with Crippen LogP contribution in [0.25, 0.3) is 15.7 Å². The number of benzene rings is 1. The highest BCUT2D eigenvalue weighted by Crippen LogP contribution is 2.31. The van der Waals surface area contributed by atoms with Crippen LogP contribution in [0.4, 0.5) is 14.5 Å². The topological polar surface area (TPSA) is 45.8 Å². The van der Waals surface area contributed by atoms with Crippen molar-refractivity contribution in [2.75, 3.05) is 37.6 Å². The maximum Gasteiger partial charge on any atom is 0.350 e. The fraction of sp³-hybridized carbons (Fsp3) is 0.364. The van der Waals surface area contributed by atoms with Crippen molar-refractivity contribution >= 4 is 32.8 Å². The third-order valence-electron chi connectivity index (χ3n) is 5.88. The predicted molar refractivity (Wildman–Crippen MR) is 119 cm³/mol. The van der Waals surface area contributed by atoms with Crippen LogP contribution in [-0.4, -0.2) is 51.8 Å². The summed E-state index contributed by atoms with van der Waals surface area (Å²) in [6, 6.07) is 9.43. The van der Waals surface area contributed by atoms with Crippen molar-refractivity contribution in [3.8, 4) is 0 Å². The fourth-order valence-electron chi connectivity index (χ4n) is 4.25. The van der Waals surface area contributed by atoms with Gasteiger partial charge in [-0.05, 0) is 43.0 Å². The fourth-order valence-corrected chi connectivity index (χ4v) is 5.06. The summed E-state index contributed by atoms with van der Waals surface area (Å²) in [4.78, 5) is 17.2. The number of aromatic nitrogens is 3. The lowest BCUT2D eigenvalue weighted by Gasteiger charge is -2.36. The summed E-state index contributed by atoms with van der Waals surface area (Å²) in [6.45, 7) is 5.32. The second-order valence-corrected chi connectivity index (χ2v) is 8.80. The minimum atomic E-state index is -0.827. The van der Waals surface area contributed by atoms with Crippen LogP contribution in [0.15, 0.2) is 46.7 Å². The van der Waals surface area contributed by atoms with Gasteiger partial charge in [-0.15, -0.1) is 16.4 Å². The van der Waals surface area contributed by atoms with Crippen LogP contribution >= 0.6 is 11.3 Å². The van der Waals surface area contributed by atoms with Gasteiger partial charge in [0.25, 0.3) is 0 Å². The number of halogens is 2. The molecule has 1 saturated heterocycles. The standard InChI is InChI=1S/C22H23F2N5OS/c23-16-14-18(24)21-25-29(22(30)28(21)15-16)8-2-1-7-26-9-11-27(12-10-26)19-4-3-5-20-17(19)6-13-31-20/h3-6,13-15H,1-2,7-12H2. The van der Waals surface area contributed by atoms with E-state index in [-0.39, 0.29) is 5.65 Å². The summed E-state index contributed by atoms with van der Waals surface area (Å²) in [5.41, 5.74) is 0.668. The molecule has 4 heterocycles. The molecule has 6 nitrogen and oxygen atoms in total. The molecular formula is C22H23F2N5OS. The molecule has 1 aliphatic heterocycles. The Morgan fingerprint density at radius 1 is 1.03 bits per heavy atom. The van der Waals surface area contributed by atoms with E-state index in [9.17, 15) is 13.6 Å². The molecule has 0 saturated carbocycles. The molecular weight excluding hydrogens is 420 g/mol. The zero-order valence-electron chi connectivity index (χ0n) is 17.0. The Morgan fingerprint density at radius 2 is 1.84 bits per heavy atom. The third kappa shape index (κ3) is 3.95. The Kier molecular flexibility index (Phi) is 5.45. The zero-order chi connectivity index (χ0) is 21.4. The van der Waals surface area contributed by atoms with Gasteiger partial charge >= 0.3 is 5.69 Å². The largest absolute Gasteiger partial charge is 0.368 e. The van der Waals surface area contributed by atoms with Crippen LogP contribution in [0.3, 0.4) is 0 Å². The zero-order valence-corrected chi connectivity index (χ0v) is 17.8. The Morgan fingerprint density at radius 3 is 2.68 bits per heavy atom. The molecule has 5 rings (SSSR count). The van der Waals surface area contributed by atoms with E-state index in [4.69, 9.17) is 0 Å². The van der Waals surface area contributed by atoms with E-state index in [0.29, 0.717) is 6.54 Å². The molecule has 1 aromatic carbocycles. The molecule has 1 fully saturated rings. The van der Waals surface area contributed by atoms with E-state index >= 15 is 0 Å². The van der Waals surface area contributed by atoms with E-state index in [0.717, 1.165) is 62.2 Å². The average Bonchev–Trinajstić information content (AvgIpc) is 3.37. The van der Waals surface area contributed by atoms with Crippen molar-refractivity contribution < 1.29 is 8.78 Å². The van der Waals surface area contributed by atoms with Gasteiger partial charge < -0.3 is 4.90 Å². The number of rotatable bonds is 6. The lowest BCUT2D eigenvalue weighted by molar-refractivity contribution is 0.251. The molecule has 3 aromatic heterocycles. The molecule has 0 N–H and O–H groups in total. The molecule has 162 valence electrons. The normalized spacial score (nSPS) is 15.4. The van der Waals surface area contributed by atoms with Crippen LogP contribution in [0, 0.1) is 11.6 Å². The Labute approximate surface area is 181 Å². The van der Waals surface area contributed by atoms with Crippen LogP contribution in [0.5, 0.6) is 0 Å². The van der Waals surface area contributed by atoms with Gasteiger partial charge in [0.15, 0.2) is 11.5 Å². The van der Waals surface area contributed by atoms with Gasteiger partial charge in [-0.3, -0.25) is 4.90 Å². The Balaban J connectivity index is 1.13. The number of hydrogen-bond donors (Lipinski definition) is 0. The molecule has 31 heavy (non-hydrogen) atoms. The number of aryl methyl sites for hydroxylation is 1. The second-order valence-electron chi connectivity index (χ2n) is 7.85. The van der Waals surface area contributed by atoms with Crippen molar-refractivity contribution in [1.82, 2.24) is 19.1 Å². The number of thiophene rings is 1. The highest BCUT2D eigenvalue weighted by Gasteiger charge is 2.19. The summed E-state index contributed by atoms with van der Waals surface area (Å²) in [6.07, 6.45) is 2.64. The van der Waals surface area contributed by atoms with Crippen LogP contribution < -0.4 is 10.6 Å². The van der Waals surface area contributed by atoms with Gasteiger partial charge in [0.1, 0.15) is 5.82 Å². The van der Waals surface area contributed by atoms with Crippen LogP contribution in [-0.2, 0) is 6.54 Å². The van der Waals surface area contributed by atoms with Gasteiger partial charge in [-0.1, -0.05) is 6.07 Å². The van der Waals surface area contributed by atoms with Crippen molar-refractivity contribution in [1.29, 1.82) is 0 Å². The summed E-state index contributed by atoms with van der Waals surface area (Å²) in [5, 5.41) is 7.48. The van der Waals surface area contributed by atoms with Gasteiger partial charge in [-0.25, -0.2) is 22.7 Å².